The molecule has 1 aromatic heterocycles. The molecule has 0 amide bonds. The number of nitrogens with zero attached hydrogens (tertiary/aromatic N) is 1. The molecule has 0 saturated carbocycles. The first-order valence-electron chi connectivity index (χ1n) is 7.77. The fourth-order valence-electron chi connectivity index (χ4n) is 3.08. The number of nitrogens with one attached hydrogen (secondary N) is 1. The van der Waals surface area contributed by atoms with Crippen molar-refractivity contribution in [2.24, 2.45) is 0 Å². The molecule has 0 bridgehead atoms. The maximum atomic E-state index is 5.57. The highest BCUT2D eigenvalue weighted by Gasteiger charge is 2.27. The smallest absolute Gasteiger partial charge is 0.133 e. The van der Waals surface area contributed by atoms with Crippen LogP contribution in [0.15, 0.2) is 30.3 Å². The highest BCUT2D eigenvalue weighted by atomic mass is 32.1. The molecule has 1 aliphatic carbocycles. The standard InChI is InChI=1S/C18H22N2S/c1-18(2,13-9-5-3-6-10-13)17-19-15-12-8-4-7-11-14(15)16(21)20-17/h3,5-6,9-10H,4,7-8,11-12H2,1-2H3,(H,19,20,21). The average Bonchev–Trinajstić information content (AvgIpc) is 2.74. The Morgan fingerprint density at radius 2 is 1.76 bits per heavy atom. The molecule has 0 aliphatic heterocycles. The summed E-state index contributed by atoms with van der Waals surface area (Å²) < 4.78 is 0.796. The van der Waals surface area contributed by atoms with Gasteiger partial charge in [0.1, 0.15) is 10.5 Å². The molecule has 1 aliphatic rings. The van der Waals surface area contributed by atoms with Crippen LogP contribution in [0.3, 0.4) is 0 Å². The molecule has 0 atom stereocenters. The van der Waals surface area contributed by atoms with E-state index in [1.165, 1.54) is 36.1 Å². The molecular formula is C18H22N2S. The minimum absolute atomic E-state index is 0.157. The monoisotopic (exact) mass is 298 g/mol. The number of aryl methyl sites for hydroxylation is 1. The van der Waals surface area contributed by atoms with E-state index in [1.807, 2.05) is 6.07 Å². The maximum absolute atomic E-state index is 5.57. The summed E-state index contributed by atoms with van der Waals surface area (Å²) in [5, 5.41) is 0. The summed E-state index contributed by atoms with van der Waals surface area (Å²) in [6, 6.07) is 10.5. The Labute approximate surface area is 131 Å². The van der Waals surface area contributed by atoms with Crippen LogP contribution in [0.4, 0.5) is 0 Å². The molecule has 0 saturated heterocycles. The van der Waals surface area contributed by atoms with Crippen molar-refractivity contribution in [2.75, 3.05) is 0 Å². The number of hydrogen-bond donors (Lipinski definition) is 1. The largest absolute Gasteiger partial charge is 0.346 e. The fourth-order valence-corrected chi connectivity index (χ4v) is 3.40. The summed E-state index contributed by atoms with van der Waals surface area (Å²) in [7, 11) is 0. The number of benzene rings is 1. The Morgan fingerprint density at radius 3 is 2.52 bits per heavy atom. The van der Waals surface area contributed by atoms with Gasteiger partial charge in [-0.05, 0) is 45.1 Å². The summed E-state index contributed by atoms with van der Waals surface area (Å²) >= 11 is 5.57. The van der Waals surface area contributed by atoms with Crippen LogP contribution in [0.5, 0.6) is 0 Å². The zero-order valence-electron chi connectivity index (χ0n) is 12.8. The number of aromatic nitrogens is 2. The van der Waals surface area contributed by atoms with E-state index >= 15 is 0 Å². The van der Waals surface area contributed by atoms with E-state index in [0.29, 0.717) is 0 Å². The second-order valence-corrected chi connectivity index (χ2v) is 6.79. The lowest BCUT2D eigenvalue weighted by atomic mass is 9.83. The van der Waals surface area contributed by atoms with E-state index in [-0.39, 0.29) is 5.41 Å². The molecule has 110 valence electrons. The number of rotatable bonds is 2. The van der Waals surface area contributed by atoms with Crippen LogP contribution in [0.1, 0.15) is 55.8 Å². The first-order chi connectivity index (χ1) is 10.1. The molecule has 0 unspecified atom stereocenters. The predicted molar refractivity (Wildman–Crippen MR) is 89.3 cm³/mol. The molecular weight excluding hydrogens is 276 g/mol. The minimum Gasteiger partial charge on any atom is -0.346 e. The van der Waals surface area contributed by atoms with Gasteiger partial charge >= 0.3 is 0 Å². The van der Waals surface area contributed by atoms with Crippen molar-refractivity contribution in [1.82, 2.24) is 9.97 Å². The van der Waals surface area contributed by atoms with Crippen LogP contribution < -0.4 is 0 Å². The van der Waals surface area contributed by atoms with Gasteiger partial charge in [0.05, 0.1) is 0 Å². The Hall–Kier alpha value is -1.48. The van der Waals surface area contributed by atoms with Gasteiger partial charge < -0.3 is 4.98 Å². The normalized spacial score (nSPS) is 15.3. The molecule has 1 aromatic carbocycles. The van der Waals surface area contributed by atoms with E-state index in [2.05, 4.69) is 43.1 Å². The SMILES string of the molecule is CC(C)(c1ccccc1)c1nc(=S)c2c([nH]1)CCCCC2. The molecule has 0 radical (unpaired) electrons. The van der Waals surface area contributed by atoms with E-state index in [0.717, 1.165) is 23.3 Å². The summed E-state index contributed by atoms with van der Waals surface area (Å²) in [6.07, 6.45) is 5.93. The molecule has 21 heavy (non-hydrogen) atoms. The van der Waals surface area contributed by atoms with Crippen molar-refractivity contribution in [3.63, 3.8) is 0 Å². The second-order valence-electron chi connectivity index (χ2n) is 6.40. The summed E-state index contributed by atoms with van der Waals surface area (Å²) in [4.78, 5) is 8.34. The average molecular weight is 298 g/mol. The molecule has 2 nitrogen and oxygen atoms in total. The van der Waals surface area contributed by atoms with Gasteiger partial charge in [0.25, 0.3) is 0 Å². The van der Waals surface area contributed by atoms with E-state index in [9.17, 15) is 0 Å². The van der Waals surface area contributed by atoms with Crippen LogP contribution in [0.25, 0.3) is 0 Å². The maximum Gasteiger partial charge on any atom is 0.133 e. The zero-order chi connectivity index (χ0) is 14.9. The van der Waals surface area contributed by atoms with Crippen molar-refractivity contribution in [1.29, 1.82) is 0 Å². The lowest BCUT2D eigenvalue weighted by Gasteiger charge is -2.25. The molecule has 1 heterocycles. The quantitative estimate of drug-likeness (QED) is 0.641. The van der Waals surface area contributed by atoms with Crippen LogP contribution in [-0.2, 0) is 18.3 Å². The van der Waals surface area contributed by atoms with Gasteiger partial charge in [0, 0.05) is 16.7 Å². The molecule has 1 N–H and O–H groups in total. The van der Waals surface area contributed by atoms with Gasteiger partial charge in [-0.15, -0.1) is 0 Å². The number of fused-ring (bicyclic) bond motifs is 1. The lowest BCUT2D eigenvalue weighted by Crippen LogP contribution is -2.23. The number of aromatic amines is 1. The fraction of sp³-hybridized carbons (Fsp3) is 0.444. The highest BCUT2D eigenvalue weighted by molar-refractivity contribution is 7.71. The first kappa shape index (κ1) is 14.5. The molecule has 3 rings (SSSR count). The van der Waals surface area contributed by atoms with E-state index < -0.39 is 0 Å². The Kier molecular flexibility index (Phi) is 3.94. The Balaban J connectivity index is 2.09. The van der Waals surface area contributed by atoms with Gasteiger partial charge in [-0.1, -0.05) is 49.0 Å². The van der Waals surface area contributed by atoms with E-state index in [4.69, 9.17) is 17.2 Å². The van der Waals surface area contributed by atoms with Crippen LogP contribution in [-0.4, -0.2) is 9.97 Å². The summed E-state index contributed by atoms with van der Waals surface area (Å²) in [5.74, 6) is 0.986. The minimum atomic E-state index is -0.157. The van der Waals surface area contributed by atoms with Gasteiger partial charge in [0.2, 0.25) is 0 Å². The van der Waals surface area contributed by atoms with E-state index in [1.54, 1.807) is 0 Å². The number of hydrogen-bond acceptors (Lipinski definition) is 2. The van der Waals surface area contributed by atoms with Crippen molar-refractivity contribution < 1.29 is 0 Å². The molecule has 0 spiro atoms. The third-order valence-corrected chi connectivity index (χ3v) is 4.88. The predicted octanol–water partition coefficient (Wildman–Crippen LogP) is 4.73. The second kappa shape index (κ2) is 5.72. The van der Waals surface area contributed by atoms with Gasteiger partial charge in [-0.3, -0.25) is 0 Å². The summed E-state index contributed by atoms with van der Waals surface area (Å²) in [5.41, 5.74) is 3.69. The third-order valence-electron chi connectivity index (χ3n) is 4.55. The van der Waals surface area contributed by atoms with Crippen molar-refractivity contribution in [2.45, 2.75) is 51.4 Å². The van der Waals surface area contributed by atoms with Crippen LogP contribution in [0, 0.1) is 4.64 Å². The van der Waals surface area contributed by atoms with Gasteiger partial charge in [-0.2, -0.15) is 0 Å². The van der Waals surface area contributed by atoms with Crippen LogP contribution >= 0.6 is 12.2 Å². The topological polar surface area (TPSA) is 28.7 Å². The summed E-state index contributed by atoms with van der Waals surface area (Å²) in [6.45, 7) is 4.41. The third kappa shape index (κ3) is 2.80. The highest BCUT2D eigenvalue weighted by Crippen LogP contribution is 2.30. The van der Waals surface area contributed by atoms with Crippen molar-refractivity contribution >= 4 is 12.2 Å². The van der Waals surface area contributed by atoms with Crippen molar-refractivity contribution in [3.05, 3.63) is 57.6 Å². The number of H-pyrrole nitrogens is 1. The Morgan fingerprint density at radius 1 is 1.05 bits per heavy atom. The van der Waals surface area contributed by atoms with Gasteiger partial charge in [-0.25, -0.2) is 4.98 Å². The molecule has 3 heteroatoms. The molecule has 0 fully saturated rings. The van der Waals surface area contributed by atoms with Crippen molar-refractivity contribution in [3.8, 4) is 0 Å². The Bertz CT molecular complexity index is 686. The van der Waals surface area contributed by atoms with Gasteiger partial charge in [0.15, 0.2) is 0 Å². The first-order valence-corrected chi connectivity index (χ1v) is 8.18. The molecule has 2 aromatic rings. The lowest BCUT2D eigenvalue weighted by molar-refractivity contribution is 0.581. The zero-order valence-corrected chi connectivity index (χ0v) is 13.6. The van der Waals surface area contributed by atoms with Crippen LogP contribution in [0.2, 0.25) is 0 Å².